The molecule has 0 aliphatic carbocycles. The first-order chi connectivity index (χ1) is 7.92. The van der Waals surface area contributed by atoms with Gasteiger partial charge in [0.25, 0.3) is 0 Å². The fourth-order valence-electron chi connectivity index (χ4n) is 1.77. The van der Waals surface area contributed by atoms with E-state index in [4.69, 9.17) is 0 Å². The summed E-state index contributed by atoms with van der Waals surface area (Å²) in [6.07, 6.45) is 3.35. The molecule has 0 atom stereocenters. The topological polar surface area (TPSA) is 69.0 Å². The number of rotatable bonds is 6. The Bertz CT molecular complexity index is 503. The van der Waals surface area contributed by atoms with Gasteiger partial charge in [-0.05, 0) is 12.8 Å². The molecule has 0 spiro atoms. The van der Waals surface area contributed by atoms with E-state index in [1.54, 1.807) is 4.68 Å². The first-order valence-corrected chi connectivity index (χ1v) is 7.70. The highest BCUT2D eigenvalue weighted by atomic mass is 32.2. The van der Waals surface area contributed by atoms with Crippen molar-refractivity contribution < 1.29 is 13.2 Å². The van der Waals surface area contributed by atoms with Crippen LogP contribution in [0.15, 0.2) is 0 Å². The van der Waals surface area contributed by atoms with E-state index >= 15 is 0 Å². The van der Waals surface area contributed by atoms with Gasteiger partial charge in [-0.15, -0.1) is 0 Å². The number of aryl methyl sites for hydroxylation is 2. The molecular weight excluding hydrogens is 240 g/mol. The maximum Gasteiger partial charge on any atom is 0.153 e. The highest BCUT2D eigenvalue weighted by Crippen LogP contribution is 2.14. The summed E-state index contributed by atoms with van der Waals surface area (Å²) in [6, 6.07) is 0. The Morgan fingerprint density at radius 2 is 1.94 bits per heavy atom. The van der Waals surface area contributed by atoms with Crippen LogP contribution >= 0.6 is 0 Å². The quantitative estimate of drug-likeness (QED) is 0.710. The average molecular weight is 258 g/mol. The second kappa shape index (κ2) is 5.44. The molecule has 6 heteroatoms. The maximum atomic E-state index is 11.1. The van der Waals surface area contributed by atoms with E-state index in [1.807, 2.05) is 13.8 Å². The highest BCUT2D eigenvalue weighted by Gasteiger charge is 2.15. The smallest absolute Gasteiger partial charge is 0.153 e. The second-order valence-electron chi connectivity index (χ2n) is 3.99. The number of carbonyl (C=O) groups excluding carboxylic acids is 1. The van der Waals surface area contributed by atoms with Crippen molar-refractivity contribution in [3.8, 4) is 0 Å². The molecule has 0 radical (unpaired) electrons. The van der Waals surface area contributed by atoms with E-state index in [0.717, 1.165) is 17.7 Å². The van der Waals surface area contributed by atoms with Crippen LogP contribution in [-0.2, 0) is 29.2 Å². The van der Waals surface area contributed by atoms with E-state index < -0.39 is 9.84 Å². The van der Waals surface area contributed by atoms with Gasteiger partial charge in [0.2, 0.25) is 0 Å². The van der Waals surface area contributed by atoms with Gasteiger partial charge in [0.15, 0.2) is 6.29 Å². The molecule has 0 saturated carbocycles. The molecule has 1 heterocycles. The molecule has 17 heavy (non-hydrogen) atoms. The van der Waals surface area contributed by atoms with Gasteiger partial charge in [0.1, 0.15) is 9.84 Å². The Hall–Kier alpha value is -1.17. The Balaban J connectivity index is 3.07. The van der Waals surface area contributed by atoms with Crippen molar-refractivity contribution in [2.75, 3.05) is 12.0 Å². The molecule has 1 rings (SSSR count). The third-order valence-corrected chi connectivity index (χ3v) is 3.56. The molecule has 0 unspecified atom stereocenters. The summed E-state index contributed by atoms with van der Waals surface area (Å²) in [5, 5.41) is 4.29. The lowest BCUT2D eigenvalue weighted by molar-refractivity contribution is 0.112. The van der Waals surface area contributed by atoms with Crippen LogP contribution in [0.5, 0.6) is 0 Å². The molecule has 96 valence electrons. The monoisotopic (exact) mass is 258 g/mol. The zero-order chi connectivity index (χ0) is 13.1. The van der Waals surface area contributed by atoms with Gasteiger partial charge in [0.05, 0.1) is 23.6 Å². The molecule has 0 aliphatic rings. The summed E-state index contributed by atoms with van der Waals surface area (Å²) in [5.74, 6) is 0.0448. The molecule has 1 aromatic heterocycles. The molecule has 0 fully saturated rings. The molecule has 0 saturated heterocycles. The number of nitrogens with zero attached hydrogens (tertiary/aromatic N) is 2. The average Bonchev–Trinajstić information content (AvgIpc) is 2.62. The van der Waals surface area contributed by atoms with Crippen molar-refractivity contribution in [3.63, 3.8) is 0 Å². The van der Waals surface area contributed by atoms with Crippen molar-refractivity contribution in [1.29, 1.82) is 0 Å². The zero-order valence-corrected chi connectivity index (χ0v) is 11.2. The lowest BCUT2D eigenvalue weighted by atomic mass is 10.1. The summed E-state index contributed by atoms with van der Waals surface area (Å²) in [6.45, 7) is 4.17. The lowest BCUT2D eigenvalue weighted by Gasteiger charge is -2.04. The minimum absolute atomic E-state index is 0.0448. The molecule has 0 aliphatic heterocycles. The van der Waals surface area contributed by atoms with Crippen molar-refractivity contribution in [2.45, 2.75) is 33.2 Å². The number of hydrogen-bond donors (Lipinski definition) is 0. The Labute approximate surface area is 102 Å². The van der Waals surface area contributed by atoms with Gasteiger partial charge < -0.3 is 0 Å². The molecular formula is C11H18N2O3S. The van der Waals surface area contributed by atoms with Crippen LogP contribution in [0, 0.1) is 0 Å². The van der Waals surface area contributed by atoms with E-state index in [1.165, 1.54) is 6.26 Å². The number of sulfone groups is 1. The molecule has 1 aromatic rings. The highest BCUT2D eigenvalue weighted by molar-refractivity contribution is 7.90. The van der Waals surface area contributed by atoms with Crippen molar-refractivity contribution in [2.24, 2.45) is 0 Å². The maximum absolute atomic E-state index is 11.1. The predicted octanol–water partition coefficient (Wildman–Crippen LogP) is 0.865. The summed E-state index contributed by atoms with van der Waals surface area (Å²) in [4.78, 5) is 11.0. The van der Waals surface area contributed by atoms with Crippen LogP contribution in [0.25, 0.3) is 0 Å². The minimum Gasteiger partial charge on any atom is -0.298 e. The van der Waals surface area contributed by atoms with Gasteiger partial charge in [-0.3, -0.25) is 9.48 Å². The zero-order valence-electron chi connectivity index (χ0n) is 10.4. The second-order valence-corrected chi connectivity index (χ2v) is 6.24. The molecule has 5 nitrogen and oxygen atoms in total. The predicted molar refractivity (Wildman–Crippen MR) is 66.1 cm³/mol. The van der Waals surface area contributed by atoms with Gasteiger partial charge in [-0.25, -0.2) is 8.42 Å². The van der Waals surface area contributed by atoms with E-state index in [0.29, 0.717) is 24.9 Å². The van der Waals surface area contributed by atoms with Gasteiger partial charge in [-0.1, -0.05) is 13.8 Å². The molecule has 0 bridgehead atoms. The van der Waals surface area contributed by atoms with Crippen LogP contribution in [0.2, 0.25) is 0 Å². The van der Waals surface area contributed by atoms with Crippen LogP contribution < -0.4 is 0 Å². The normalized spacial score (nSPS) is 11.7. The standard InChI is InChI=1S/C11H18N2O3S/c1-4-10-9(8-14)11(5-2)13(12-10)6-7-17(3,15)16/h8H,4-7H2,1-3H3. The third kappa shape index (κ3) is 3.39. The Kier molecular flexibility index (Phi) is 4.45. The number of aldehydes is 1. The van der Waals surface area contributed by atoms with Crippen LogP contribution in [0.1, 0.15) is 35.6 Å². The minimum atomic E-state index is -3.01. The van der Waals surface area contributed by atoms with Gasteiger partial charge in [-0.2, -0.15) is 5.10 Å². The molecule has 0 aromatic carbocycles. The number of hydrogen-bond acceptors (Lipinski definition) is 4. The largest absolute Gasteiger partial charge is 0.298 e. The van der Waals surface area contributed by atoms with Crippen LogP contribution in [0.3, 0.4) is 0 Å². The summed E-state index contributed by atoms with van der Waals surface area (Å²) >= 11 is 0. The fourth-order valence-corrected chi connectivity index (χ4v) is 2.28. The summed E-state index contributed by atoms with van der Waals surface area (Å²) in [5.41, 5.74) is 2.18. The SMILES string of the molecule is CCc1nn(CCS(C)(=O)=O)c(CC)c1C=O. The van der Waals surface area contributed by atoms with E-state index in [2.05, 4.69) is 5.10 Å². The van der Waals surface area contributed by atoms with Gasteiger partial charge in [0, 0.05) is 11.9 Å². The van der Waals surface area contributed by atoms with E-state index in [-0.39, 0.29) is 5.75 Å². The molecule has 0 N–H and O–H groups in total. The number of carbonyl (C=O) groups is 1. The molecule has 0 amide bonds. The van der Waals surface area contributed by atoms with Gasteiger partial charge >= 0.3 is 0 Å². The first kappa shape index (κ1) is 13.9. The van der Waals surface area contributed by atoms with Crippen molar-refractivity contribution in [3.05, 3.63) is 17.0 Å². The summed E-state index contributed by atoms with van der Waals surface area (Å²) in [7, 11) is -3.01. The number of aromatic nitrogens is 2. The first-order valence-electron chi connectivity index (χ1n) is 5.64. The third-order valence-electron chi connectivity index (χ3n) is 2.64. The van der Waals surface area contributed by atoms with Crippen molar-refractivity contribution >= 4 is 16.1 Å². The Morgan fingerprint density at radius 3 is 2.35 bits per heavy atom. The Morgan fingerprint density at radius 1 is 1.29 bits per heavy atom. The van der Waals surface area contributed by atoms with E-state index in [9.17, 15) is 13.2 Å². The fraction of sp³-hybridized carbons (Fsp3) is 0.636. The van der Waals surface area contributed by atoms with Crippen LogP contribution in [-0.4, -0.2) is 36.5 Å². The van der Waals surface area contributed by atoms with Crippen LogP contribution in [0.4, 0.5) is 0 Å². The van der Waals surface area contributed by atoms with Crippen molar-refractivity contribution in [1.82, 2.24) is 9.78 Å². The summed E-state index contributed by atoms with van der Waals surface area (Å²) < 4.78 is 23.9. The lowest BCUT2D eigenvalue weighted by Crippen LogP contribution is -2.14.